The minimum atomic E-state index is 1.14. The van der Waals surface area contributed by atoms with Crippen molar-refractivity contribution in [2.45, 2.75) is 143 Å². The van der Waals surface area contributed by atoms with E-state index in [9.17, 15) is 0 Å². The van der Waals surface area contributed by atoms with Gasteiger partial charge in [-0.3, -0.25) is 0 Å². The molecule has 2 aromatic rings. The number of benzene rings is 1. The maximum absolute atomic E-state index is 2.55. The summed E-state index contributed by atoms with van der Waals surface area (Å²) in [7, 11) is 0. The largest absolute Gasteiger partial charge is 0.256 e. The van der Waals surface area contributed by atoms with Crippen LogP contribution in [0.25, 0.3) is 0 Å². The Labute approximate surface area is 205 Å². The molecule has 0 aliphatic heterocycles. The lowest BCUT2D eigenvalue weighted by atomic mass is 10.0. The molecule has 2 rings (SSSR count). The van der Waals surface area contributed by atoms with Gasteiger partial charge in [0.15, 0.2) is 0 Å². The SMILES string of the molecule is CCCCCCCCCCCCCCc1n(CCCCC)cc[n+]1CCCc1ccccc1. The first kappa shape index (κ1) is 27.7. The molecule has 0 saturated carbocycles. The quantitative estimate of drug-likeness (QED) is 0.132. The van der Waals surface area contributed by atoms with Crippen LogP contribution in [-0.2, 0) is 25.9 Å². The Morgan fingerprint density at radius 1 is 0.606 bits per heavy atom. The molecule has 0 spiro atoms. The predicted molar refractivity (Wildman–Crippen MR) is 144 cm³/mol. The molecule has 1 aromatic heterocycles. The van der Waals surface area contributed by atoms with E-state index < -0.39 is 0 Å². The van der Waals surface area contributed by atoms with Crippen molar-refractivity contribution in [2.24, 2.45) is 0 Å². The van der Waals surface area contributed by atoms with Crippen molar-refractivity contribution in [2.75, 3.05) is 0 Å². The Balaban J connectivity index is 1.67. The van der Waals surface area contributed by atoms with Gasteiger partial charge in [-0.15, -0.1) is 0 Å². The van der Waals surface area contributed by atoms with Crippen molar-refractivity contribution in [3.63, 3.8) is 0 Å². The van der Waals surface area contributed by atoms with Gasteiger partial charge in [-0.2, -0.15) is 0 Å². The summed E-state index contributed by atoms with van der Waals surface area (Å²) in [6.07, 6.45) is 29.3. The molecule has 33 heavy (non-hydrogen) atoms. The minimum Gasteiger partial charge on any atom is -0.234 e. The molecular weight excluding hydrogens is 400 g/mol. The molecule has 0 radical (unpaired) electrons. The Morgan fingerprint density at radius 3 is 1.82 bits per heavy atom. The standard InChI is InChI=1S/C31H53N2/c1-3-5-7-8-9-10-11-12-13-14-15-19-25-31-32(26-20-6-4-2)28-29-33(31)27-21-24-30-22-17-16-18-23-30/h16-18,22-23,28-29H,3-15,19-21,24-27H2,1-2H3/q+1. The van der Waals surface area contributed by atoms with Gasteiger partial charge >= 0.3 is 0 Å². The lowest BCUT2D eigenvalue weighted by molar-refractivity contribution is -0.704. The molecule has 0 bridgehead atoms. The molecule has 0 saturated heterocycles. The molecule has 1 aromatic carbocycles. The van der Waals surface area contributed by atoms with Crippen LogP contribution >= 0.6 is 0 Å². The summed E-state index contributed by atoms with van der Waals surface area (Å²) >= 11 is 0. The fraction of sp³-hybridized carbons (Fsp3) is 0.710. The third-order valence-corrected chi connectivity index (χ3v) is 7.05. The number of imidazole rings is 1. The summed E-state index contributed by atoms with van der Waals surface area (Å²) in [5.41, 5.74) is 1.46. The van der Waals surface area contributed by atoms with E-state index in [0.29, 0.717) is 0 Å². The van der Waals surface area contributed by atoms with Crippen LogP contribution in [0, 0.1) is 0 Å². The number of hydrogen-bond acceptors (Lipinski definition) is 0. The molecule has 186 valence electrons. The zero-order valence-corrected chi connectivity index (χ0v) is 22.1. The van der Waals surface area contributed by atoms with Crippen LogP contribution in [0.1, 0.15) is 128 Å². The molecular formula is C31H53N2+. The summed E-state index contributed by atoms with van der Waals surface area (Å²) in [6, 6.07) is 10.9. The number of hydrogen-bond donors (Lipinski definition) is 0. The number of unbranched alkanes of at least 4 members (excludes halogenated alkanes) is 13. The van der Waals surface area contributed by atoms with Crippen LogP contribution in [0.5, 0.6) is 0 Å². The molecule has 2 heteroatoms. The molecule has 0 aliphatic rings. The molecule has 1 heterocycles. The summed E-state index contributed by atoms with van der Waals surface area (Å²) in [5.74, 6) is 1.56. The first-order valence-corrected chi connectivity index (χ1v) is 14.5. The van der Waals surface area contributed by atoms with Gasteiger partial charge in [0, 0.05) is 6.42 Å². The van der Waals surface area contributed by atoms with Crippen molar-refractivity contribution in [1.82, 2.24) is 4.57 Å². The van der Waals surface area contributed by atoms with Crippen LogP contribution in [0.4, 0.5) is 0 Å². The summed E-state index contributed by atoms with van der Waals surface area (Å²) in [4.78, 5) is 0. The van der Waals surface area contributed by atoms with Crippen LogP contribution in [0.15, 0.2) is 42.7 Å². The molecule has 0 aliphatic carbocycles. The van der Waals surface area contributed by atoms with E-state index in [1.807, 2.05) is 0 Å². The van der Waals surface area contributed by atoms with Gasteiger partial charge in [-0.05, 0) is 37.7 Å². The molecule has 0 atom stereocenters. The lowest BCUT2D eigenvalue weighted by Gasteiger charge is -2.07. The molecule has 2 nitrogen and oxygen atoms in total. The van der Waals surface area contributed by atoms with E-state index in [0.717, 1.165) is 6.54 Å². The van der Waals surface area contributed by atoms with Crippen molar-refractivity contribution in [1.29, 1.82) is 0 Å². The Morgan fingerprint density at radius 2 is 1.18 bits per heavy atom. The van der Waals surface area contributed by atoms with E-state index in [1.54, 1.807) is 5.82 Å². The van der Waals surface area contributed by atoms with Gasteiger partial charge in [0.05, 0.1) is 13.1 Å². The zero-order valence-electron chi connectivity index (χ0n) is 22.1. The highest BCUT2D eigenvalue weighted by Gasteiger charge is 2.16. The number of rotatable bonds is 21. The number of aromatic nitrogens is 2. The summed E-state index contributed by atoms with van der Waals surface area (Å²) < 4.78 is 5.10. The zero-order chi connectivity index (χ0) is 23.4. The van der Waals surface area contributed by atoms with Gasteiger partial charge in [-0.25, -0.2) is 9.13 Å². The van der Waals surface area contributed by atoms with Crippen molar-refractivity contribution in [3.8, 4) is 0 Å². The van der Waals surface area contributed by atoms with E-state index >= 15 is 0 Å². The smallest absolute Gasteiger partial charge is 0.234 e. The van der Waals surface area contributed by atoms with Crippen LogP contribution in [-0.4, -0.2) is 4.57 Å². The van der Waals surface area contributed by atoms with Crippen LogP contribution in [0.2, 0.25) is 0 Å². The second-order valence-electron chi connectivity index (χ2n) is 10.0. The van der Waals surface area contributed by atoms with E-state index in [2.05, 4.69) is 65.7 Å². The second-order valence-corrected chi connectivity index (χ2v) is 10.0. The Bertz CT molecular complexity index is 688. The fourth-order valence-electron chi connectivity index (χ4n) is 4.95. The number of aryl methyl sites for hydroxylation is 3. The Hall–Kier alpha value is -1.57. The van der Waals surface area contributed by atoms with E-state index in [4.69, 9.17) is 0 Å². The Kier molecular flexibility index (Phi) is 15.8. The summed E-state index contributed by atoms with van der Waals surface area (Å²) in [6.45, 7) is 6.93. The minimum absolute atomic E-state index is 1.14. The average molecular weight is 454 g/mol. The predicted octanol–water partition coefficient (Wildman–Crippen LogP) is 8.84. The second kappa shape index (κ2) is 18.8. The van der Waals surface area contributed by atoms with Crippen LogP contribution < -0.4 is 4.57 Å². The van der Waals surface area contributed by atoms with Crippen LogP contribution in [0.3, 0.4) is 0 Å². The van der Waals surface area contributed by atoms with Crippen molar-refractivity contribution < 1.29 is 4.57 Å². The maximum atomic E-state index is 2.55. The lowest BCUT2D eigenvalue weighted by Crippen LogP contribution is -2.37. The topological polar surface area (TPSA) is 8.81 Å². The van der Waals surface area contributed by atoms with Gasteiger partial charge in [0.25, 0.3) is 5.82 Å². The average Bonchev–Trinajstić information content (AvgIpc) is 3.22. The third kappa shape index (κ3) is 12.5. The number of nitrogens with zero attached hydrogens (tertiary/aromatic N) is 2. The highest BCUT2D eigenvalue weighted by molar-refractivity contribution is 5.14. The molecule has 0 amide bonds. The molecule has 0 unspecified atom stereocenters. The third-order valence-electron chi connectivity index (χ3n) is 7.05. The van der Waals surface area contributed by atoms with Gasteiger partial charge < -0.3 is 0 Å². The molecule has 0 N–H and O–H groups in total. The van der Waals surface area contributed by atoms with Crippen molar-refractivity contribution >= 4 is 0 Å². The normalized spacial score (nSPS) is 11.3. The monoisotopic (exact) mass is 453 g/mol. The van der Waals surface area contributed by atoms with Gasteiger partial charge in [-0.1, -0.05) is 121 Å². The van der Waals surface area contributed by atoms with Gasteiger partial charge in [0.1, 0.15) is 12.4 Å². The first-order chi connectivity index (χ1) is 16.3. The van der Waals surface area contributed by atoms with E-state index in [-0.39, 0.29) is 0 Å². The van der Waals surface area contributed by atoms with Gasteiger partial charge in [0.2, 0.25) is 0 Å². The maximum Gasteiger partial charge on any atom is 0.256 e. The summed E-state index contributed by atoms with van der Waals surface area (Å²) in [5, 5.41) is 0. The highest BCUT2D eigenvalue weighted by atomic mass is 15.1. The van der Waals surface area contributed by atoms with E-state index in [1.165, 1.54) is 128 Å². The molecule has 0 fully saturated rings. The fourth-order valence-corrected chi connectivity index (χ4v) is 4.95. The highest BCUT2D eigenvalue weighted by Crippen LogP contribution is 2.13. The van der Waals surface area contributed by atoms with Crippen molar-refractivity contribution in [3.05, 3.63) is 54.1 Å². The first-order valence-electron chi connectivity index (χ1n) is 14.5.